The standard InChI is InChI=1S/C15H12BrClFNO/c1-8-6-10(7-9(2)14(8)16)19-15(20)13-11(17)4-3-5-12(13)18/h3-7H,1-2H3,(H,19,20). The van der Waals surface area contributed by atoms with Crippen molar-refractivity contribution in [2.45, 2.75) is 13.8 Å². The Kier molecular flexibility index (Phi) is 4.45. The molecule has 0 aliphatic heterocycles. The number of amides is 1. The van der Waals surface area contributed by atoms with Crippen LogP contribution in [-0.2, 0) is 0 Å². The third kappa shape index (κ3) is 3.02. The number of benzene rings is 2. The molecule has 0 unspecified atom stereocenters. The molecule has 0 saturated carbocycles. The molecule has 0 bridgehead atoms. The number of hydrogen-bond acceptors (Lipinski definition) is 1. The molecule has 104 valence electrons. The van der Waals surface area contributed by atoms with Gasteiger partial charge in [-0.25, -0.2) is 4.39 Å². The van der Waals surface area contributed by atoms with Gasteiger partial charge in [-0.15, -0.1) is 0 Å². The summed E-state index contributed by atoms with van der Waals surface area (Å²) in [7, 11) is 0. The quantitative estimate of drug-likeness (QED) is 0.796. The summed E-state index contributed by atoms with van der Waals surface area (Å²) >= 11 is 9.32. The molecule has 1 amide bonds. The molecule has 0 fully saturated rings. The largest absolute Gasteiger partial charge is 0.322 e. The first-order chi connectivity index (χ1) is 9.40. The molecule has 0 aliphatic carbocycles. The molecule has 0 spiro atoms. The normalized spacial score (nSPS) is 10.4. The smallest absolute Gasteiger partial charge is 0.260 e. The molecule has 20 heavy (non-hydrogen) atoms. The summed E-state index contributed by atoms with van der Waals surface area (Å²) < 4.78 is 14.7. The van der Waals surface area contributed by atoms with Gasteiger partial charge in [-0.2, -0.15) is 0 Å². The van der Waals surface area contributed by atoms with Gasteiger partial charge in [-0.05, 0) is 49.2 Å². The van der Waals surface area contributed by atoms with Crippen molar-refractivity contribution in [1.82, 2.24) is 0 Å². The highest BCUT2D eigenvalue weighted by molar-refractivity contribution is 9.10. The van der Waals surface area contributed by atoms with E-state index in [-0.39, 0.29) is 10.6 Å². The SMILES string of the molecule is Cc1cc(NC(=O)c2c(F)cccc2Cl)cc(C)c1Br. The number of carbonyl (C=O) groups is 1. The summed E-state index contributed by atoms with van der Waals surface area (Å²) in [6.45, 7) is 3.84. The fraction of sp³-hybridized carbons (Fsp3) is 0.133. The lowest BCUT2D eigenvalue weighted by Gasteiger charge is -2.11. The summed E-state index contributed by atoms with van der Waals surface area (Å²) in [5, 5.41) is 2.76. The van der Waals surface area contributed by atoms with Crippen LogP contribution in [0.15, 0.2) is 34.8 Å². The van der Waals surface area contributed by atoms with E-state index in [1.54, 1.807) is 0 Å². The highest BCUT2D eigenvalue weighted by Gasteiger charge is 2.16. The average Bonchev–Trinajstić information content (AvgIpc) is 2.35. The van der Waals surface area contributed by atoms with Crippen LogP contribution in [0.5, 0.6) is 0 Å². The van der Waals surface area contributed by atoms with Crippen LogP contribution in [0.3, 0.4) is 0 Å². The van der Waals surface area contributed by atoms with Gasteiger partial charge in [0.25, 0.3) is 5.91 Å². The van der Waals surface area contributed by atoms with E-state index in [2.05, 4.69) is 21.2 Å². The van der Waals surface area contributed by atoms with Gasteiger partial charge in [0, 0.05) is 10.2 Å². The zero-order valence-corrected chi connectivity index (χ0v) is 13.3. The van der Waals surface area contributed by atoms with E-state index in [4.69, 9.17) is 11.6 Å². The predicted octanol–water partition coefficient (Wildman–Crippen LogP) is 5.11. The lowest BCUT2D eigenvalue weighted by molar-refractivity contribution is 0.102. The zero-order valence-electron chi connectivity index (χ0n) is 10.9. The molecule has 2 nitrogen and oxygen atoms in total. The van der Waals surface area contributed by atoms with Crippen molar-refractivity contribution in [1.29, 1.82) is 0 Å². The summed E-state index contributed by atoms with van der Waals surface area (Å²) in [6.07, 6.45) is 0. The van der Waals surface area contributed by atoms with Gasteiger partial charge < -0.3 is 5.32 Å². The minimum Gasteiger partial charge on any atom is -0.322 e. The van der Waals surface area contributed by atoms with Gasteiger partial charge in [0.1, 0.15) is 5.82 Å². The lowest BCUT2D eigenvalue weighted by Crippen LogP contribution is -2.14. The molecule has 0 aliphatic rings. The molecular weight excluding hydrogens is 345 g/mol. The Hall–Kier alpha value is -1.39. The van der Waals surface area contributed by atoms with Gasteiger partial charge in [0.15, 0.2) is 0 Å². The number of nitrogens with one attached hydrogen (secondary N) is 1. The van der Waals surface area contributed by atoms with E-state index in [1.165, 1.54) is 18.2 Å². The first kappa shape index (κ1) is 15.0. The van der Waals surface area contributed by atoms with Crippen LogP contribution >= 0.6 is 27.5 Å². The van der Waals surface area contributed by atoms with Crippen molar-refractivity contribution in [2.75, 3.05) is 5.32 Å². The van der Waals surface area contributed by atoms with Crippen molar-refractivity contribution < 1.29 is 9.18 Å². The monoisotopic (exact) mass is 355 g/mol. The fourth-order valence-corrected chi connectivity index (χ4v) is 2.40. The average molecular weight is 357 g/mol. The van der Waals surface area contributed by atoms with Crippen LogP contribution in [0.4, 0.5) is 10.1 Å². The Morgan fingerprint density at radius 3 is 2.40 bits per heavy atom. The fourth-order valence-electron chi connectivity index (χ4n) is 1.93. The molecule has 2 rings (SSSR count). The second-order valence-corrected chi connectivity index (χ2v) is 5.68. The van der Waals surface area contributed by atoms with Crippen molar-refractivity contribution >= 4 is 39.1 Å². The van der Waals surface area contributed by atoms with Crippen molar-refractivity contribution in [3.8, 4) is 0 Å². The maximum atomic E-state index is 13.7. The summed E-state index contributed by atoms with van der Waals surface area (Å²) in [4.78, 5) is 12.1. The third-order valence-corrected chi connectivity index (χ3v) is 4.45. The zero-order chi connectivity index (χ0) is 14.9. The molecule has 0 saturated heterocycles. The van der Waals surface area contributed by atoms with Gasteiger partial charge >= 0.3 is 0 Å². The Morgan fingerprint density at radius 2 is 1.85 bits per heavy atom. The molecule has 1 N–H and O–H groups in total. The van der Waals surface area contributed by atoms with Crippen LogP contribution < -0.4 is 5.32 Å². The highest BCUT2D eigenvalue weighted by atomic mass is 79.9. The van der Waals surface area contributed by atoms with Crippen LogP contribution in [0.25, 0.3) is 0 Å². The van der Waals surface area contributed by atoms with Gasteiger partial charge in [0.05, 0.1) is 10.6 Å². The van der Waals surface area contributed by atoms with Crippen molar-refractivity contribution in [3.05, 3.63) is 62.3 Å². The minimum absolute atomic E-state index is 0.0908. The number of anilines is 1. The van der Waals surface area contributed by atoms with Gasteiger partial charge in [0.2, 0.25) is 0 Å². The Labute approximate surface area is 130 Å². The molecule has 2 aromatic carbocycles. The van der Waals surface area contributed by atoms with E-state index in [0.29, 0.717) is 5.69 Å². The van der Waals surface area contributed by atoms with Crippen LogP contribution in [0.1, 0.15) is 21.5 Å². The Bertz CT molecular complexity index is 644. The van der Waals surface area contributed by atoms with E-state index in [9.17, 15) is 9.18 Å². The van der Waals surface area contributed by atoms with E-state index in [0.717, 1.165) is 15.6 Å². The number of aryl methyl sites for hydroxylation is 2. The van der Waals surface area contributed by atoms with Crippen molar-refractivity contribution in [2.24, 2.45) is 0 Å². The molecule has 0 radical (unpaired) electrons. The van der Waals surface area contributed by atoms with E-state index < -0.39 is 11.7 Å². The van der Waals surface area contributed by atoms with Crippen LogP contribution in [0, 0.1) is 19.7 Å². The molecule has 0 heterocycles. The Balaban J connectivity index is 2.33. The molecule has 2 aromatic rings. The third-order valence-electron chi connectivity index (χ3n) is 2.88. The molecular formula is C15H12BrClFNO. The number of carbonyl (C=O) groups excluding carboxylic acids is 1. The predicted molar refractivity (Wildman–Crippen MR) is 83.0 cm³/mol. The van der Waals surface area contributed by atoms with E-state index >= 15 is 0 Å². The minimum atomic E-state index is -0.638. The maximum absolute atomic E-state index is 13.7. The van der Waals surface area contributed by atoms with Crippen molar-refractivity contribution in [3.63, 3.8) is 0 Å². The first-order valence-corrected chi connectivity index (χ1v) is 7.09. The molecule has 0 aromatic heterocycles. The second kappa shape index (κ2) is 5.94. The summed E-state index contributed by atoms with van der Waals surface area (Å²) in [5.41, 5.74) is 2.43. The lowest BCUT2D eigenvalue weighted by atomic mass is 10.1. The molecule has 5 heteroatoms. The number of halogens is 3. The summed E-state index contributed by atoms with van der Waals surface area (Å²) in [6, 6.07) is 7.77. The topological polar surface area (TPSA) is 29.1 Å². The Morgan fingerprint density at radius 1 is 1.25 bits per heavy atom. The first-order valence-electron chi connectivity index (χ1n) is 5.92. The second-order valence-electron chi connectivity index (χ2n) is 4.47. The summed E-state index contributed by atoms with van der Waals surface area (Å²) in [5.74, 6) is -1.20. The van der Waals surface area contributed by atoms with Crippen LogP contribution in [0.2, 0.25) is 5.02 Å². The van der Waals surface area contributed by atoms with E-state index in [1.807, 2.05) is 26.0 Å². The maximum Gasteiger partial charge on any atom is 0.260 e. The van der Waals surface area contributed by atoms with Gasteiger partial charge in [-0.3, -0.25) is 4.79 Å². The number of hydrogen-bond donors (Lipinski definition) is 1. The highest BCUT2D eigenvalue weighted by Crippen LogP contribution is 2.26. The van der Waals surface area contributed by atoms with Gasteiger partial charge in [-0.1, -0.05) is 33.6 Å². The van der Waals surface area contributed by atoms with Crippen LogP contribution in [-0.4, -0.2) is 5.91 Å². The number of rotatable bonds is 2. The molecule has 0 atom stereocenters.